The molecule has 16 heavy (non-hydrogen) atoms. The number of ether oxygens (including phenoxy) is 2. The molecule has 0 aromatic carbocycles. The van der Waals surface area contributed by atoms with Gasteiger partial charge in [0.25, 0.3) is 0 Å². The molecule has 1 aliphatic heterocycles. The summed E-state index contributed by atoms with van der Waals surface area (Å²) < 4.78 is 11.7. The van der Waals surface area contributed by atoms with Crippen LogP contribution in [0.4, 0.5) is 0 Å². The molecule has 0 aromatic rings. The fraction of sp³-hybridized carbons (Fsp3) is 1.00. The second-order valence-electron chi connectivity index (χ2n) is 5.29. The molecule has 1 saturated heterocycles. The molecule has 0 bridgehead atoms. The van der Waals surface area contributed by atoms with E-state index in [1.54, 1.807) is 0 Å². The second kappa shape index (κ2) is 5.99. The van der Waals surface area contributed by atoms with Crippen molar-refractivity contribution < 1.29 is 9.47 Å². The minimum atomic E-state index is 0.427. The van der Waals surface area contributed by atoms with Crippen molar-refractivity contribution in [2.24, 2.45) is 5.92 Å². The smallest absolute Gasteiger partial charge is 0.0628 e. The van der Waals surface area contributed by atoms with Crippen molar-refractivity contribution >= 4 is 0 Å². The maximum Gasteiger partial charge on any atom is 0.0628 e. The third kappa shape index (κ3) is 3.19. The summed E-state index contributed by atoms with van der Waals surface area (Å²) in [5.74, 6) is 0.650. The highest BCUT2D eigenvalue weighted by molar-refractivity contribution is 4.80. The van der Waals surface area contributed by atoms with E-state index in [1.807, 2.05) is 7.11 Å². The summed E-state index contributed by atoms with van der Waals surface area (Å²) >= 11 is 0. The van der Waals surface area contributed by atoms with Crippen molar-refractivity contribution in [1.82, 2.24) is 5.32 Å². The van der Waals surface area contributed by atoms with Gasteiger partial charge in [-0.05, 0) is 44.6 Å². The van der Waals surface area contributed by atoms with Gasteiger partial charge in [-0.25, -0.2) is 0 Å². The molecule has 0 amide bonds. The lowest BCUT2D eigenvalue weighted by molar-refractivity contribution is -0.0887. The van der Waals surface area contributed by atoms with E-state index in [0.29, 0.717) is 24.2 Å². The van der Waals surface area contributed by atoms with Crippen molar-refractivity contribution in [3.05, 3.63) is 0 Å². The lowest BCUT2D eigenvalue weighted by Crippen LogP contribution is -2.42. The normalized spacial score (nSPS) is 40.9. The predicted octanol–water partition coefficient (Wildman–Crippen LogP) is 1.96. The van der Waals surface area contributed by atoms with Gasteiger partial charge in [-0.15, -0.1) is 0 Å². The molecule has 1 heterocycles. The molecule has 4 unspecified atom stereocenters. The number of piperidine rings is 1. The van der Waals surface area contributed by atoms with Gasteiger partial charge >= 0.3 is 0 Å². The fourth-order valence-corrected chi connectivity index (χ4v) is 2.88. The summed E-state index contributed by atoms with van der Waals surface area (Å²) in [5, 5.41) is 3.42. The van der Waals surface area contributed by atoms with Crippen LogP contribution in [-0.2, 0) is 9.47 Å². The number of hydrogen-bond donors (Lipinski definition) is 1. The van der Waals surface area contributed by atoms with Gasteiger partial charge in [-0.2, -0.15) is 0 Å². The molecule has 1 saturated carbocycles. The van der Waals surface area contributed by atoms with Crippen LogP contribution in [0.15, 0.2) is 0 Å². The molecular formula is C13H25NO2. The van der Waals surface area contributed by atoms with Crippen molar-refractivity contribution in [3.8, 4) is 0 Å². The molecular weight excluding hydrogens is 202 g/mol. The van der Waals surface area contributed by atoms with Gasteiger partial charge in [0, 0.05) is 13.7 Å². The topological polar surface area (TPSA) is 30.5 Å². The van der Waals surface area contributed by atoms with Crippen molar-refractivity contribution in [2.45, 2.75) is 57.3 Å². The maximum absolute atomic E-state index is 6.26. The average molecular weight is 227 g/mol. The molecule has 0 radical (unpaired) electrons. The van der Waals surface area contributed by atoms with Crippen molar-refractivity contribution in [3.63, 3.8) is 0 Å². The van der Waals surface area contributed by atoms with Crippen LogP contribution >= 0.6 is 0 Å². The Hall–Kier alpha value is -0.120. The molecule has 3 heteroatoms. The monoisotopic (exact) mass is 227 g/mol. The standard InChI is InChI=1S/C13H25NO2/c1-10-9-14-7-6-13(10)16-12-5-3-4-11(8-12)15-2/h10-14H,3-9H2,1-2H3. The summed E-state index contributed by atoms with van der Waals surface area (Å²) in [6, 6.07) is 0. The zero-order chi connectivity index (χ0) is 11.4. The first-order valence-electron chi connectivity index (χ1n) is 6.68. The van der Waals surface area contributed by atoms with Gasteiger partial charge in [0.1, 0.15) is 0 Å². The van der Waals surface area contributed by atoms with E-state index in [-0.39, 0.29) is 0 Å². The quantitative estimate of drug-likeness (QED) is 0.799. The van der Waals surface area contributed by atoms with E-state index in [2.05, 4.69) is 12.2 Å². The Balaban J connectivity index is 1.79. The van der Waals surface area contributed by atoms with Crippen LogP contribution < -0.4 is 5.32 Å². The Morgan fingerprint density at radius 3 is 2.69 bits per heavy atom. The van der Waals surface area contributed by atoms with E-state index in [0.717, 1.165) is 25.9 Å². The zero-order valence-electron chi connectivity index (χ0n) is 10.6. The summed E-state index contributed by atoms with van der Waals surface area (Å²) in [6.07, 6.45) is 7.25. The van der Waals surface area contributed by atoms with E-state index >= 15 is 0 Å². The minimum Gasteiger partial charge on any atom is -0.381 e. The third-order valence-corrected chi connectivity index (χ3v) is 3.99. The van der Waals surface area contributed by atoms with Crippen LogP contribution in [0.2, 0.25) is 0 Å². The van der Waals surface area contributed by atoms with Crippen LogP contribution in [0.25, 0.3) is 0 Å². The van der Waals surface area contributed by atoms with Crippen molar-refractivity contribution in [2.75, 3.05) is 20.2 Å². The molecule has 4 atom stereocenters. The van der Waals surface area contributed by atoms with Crippen LogP contribution in [0.3, 0.4) is 0 Å². The highest BCUT2D eigenvalue weighted by Crippen LogP contribution is 2.26. The first kappa shape index (κ1) is 12.3. The molecule has 94 valence electrons. The van der Waals surface area contributed by atoms with Crippen LogP contribution in [0, 0.1) is 5.92 Å². The van der Waals surface area contributed by atoms with Gasteiger partial charge in [-0.3, -0.25) is 0 Å². The predicted molar refractivity (Wildman–Crippen MR) is 64.6 cm³/mol. The van der Waals surface area contributed by atoms with Crippen LogP contribution in [-0.4, -0.2) is 38.5 Å². The number of rotatable bonds is 3. The van der Waals surface area contributed by atoms with E-state index in [4.69, 9.17) is 9.47 Å². The number of nitrogens with one attached hydrogen (secondary N) is 1. The molecule has 1 N–H and O–H groups in total. The molecule has 3 nitrogen and oxygen atoms in total. The summed E-state index contributed by atoms with van der Waals surface area (Å²) in [6.45, 7) is 4.49. The van der Waals surface area contributed by atoms with Gasteiger partial charge in [0.2, 0.25) is 0 Å². The molecule has 0 aromatic heterocycles. The molecule has 2 rings (SSSR count). The van der Waals surface area contributed by atoms with Gasteiger partial charge in [0.15, 0.2) is 0 Å². The Kier molecular flexibility index (Phi) is 4.62. The Bertz CT molecular complexity index is 210. The number of methoxy groups -OCH3 is 1. The molecule has 1 aliphatic carbocycles. The lowest BCUT2D eigenvalue weighted by atomic mass is 9.93. The SMILES string of the molecule is COC1CCCC(OC2CCNCC2C)C1. The largest absolute Gasteiger partial charge is 0.381 e. The minimum absolute atomic E-state index is 0.427. The zero-order valence-corrected chi connectivity index (χ0v) is 10.6. The fourth-order valence-electron chi connectivity index (χ4n) is 2.88. The Labute approximate surface area is 98.9 Å². The van der Waals surface area contributed by atoms with E-state index < -0.39 is 0 Å². The molecule has 0 spiro atoms. The molecule has 2 fully saturated rings. The van der Waals surface area contributed by atoms with Crippen molar-refractivity contribution in [1.29, 1.82) is 0 Å². The van der Waals surface area contributed by atoms with Gasteiger partial charge in [0.05, 0.1) is 18.3 Å². The highest BCUT2D eigenvalue weighted by atomic mass is 16.5. The second-order valence-corrected chi connectivity index (χ2v) is 5.29. The number of hydrogen-bond acceptors (Lipinski definition) is 3. The average Bonchev–Trinajstić information content (AvgIpc) is 2.32. The lowest BCUT2D eigenvalue weighted by Gasteiger charge is -2.36. The Morgan fingerprint density at radius 2 is 1.94 bits per heavy atom. The first-order chi connectivity index (χ1) is 7.79. The van der Waals surface area contributed by atoms with E-state index in [1.165, 1.54) is 19.3 Å². The van der Waals surface area contributed by atoms with Gasteiger partial charge < -0.3 is 14.8 Å². The third-order valence-electron chi connectivity index (χ3n) is 3.99. The maximum atomic E-state index is 6.26. The summed E-state index contributed by atoms with van der Waals surface area (Å²) in [4.78, 5) is 0. The van der Waals surface area contributed by atoms with Crippen LogP contribution in [0.5, 0.6) is 0 Å². The summed E-state index contributed by atoms with van der Waals surface area (Å²) in [7, 11) is 1.82. The van der Waals surface area contributed by atoms with Crippen LogP contribution in [0.1, 0.15) is 39.0 Å². The van der Waals surface area contributed by atoms with Gasteiger partial charge in [-0.1, -0.05) is 6.92 Å². The summed E-state index contributed by atoms with van der Waals surface area (Å²) in [5.41, 5.74) is 0. The highest BCUT2D eigenvalue weighted by Gasteiger charge is 2.28. The first-order valence-corrected chi connectivity index (χ1v) is 6.68. The molecule has 2 aliphatic rings. The van der Waals surface area contributed by atoms with E-state index in [9.17, 15) is 0 Å². The Morgan fingerprint density at radius 1 is 1.12 bits per heavy atom.